The van der Waals surface area contributed by atoms with E-state index in [-0.39, 0.29) is 21.6 Å². The smallest absolute Gasteiger partial charge is 0.245 e. The molecule has 1 N–H and O–H groups in total. The number of rotatable bonds is 7. The van der Waals surface area contributed by atoms with Gasteiger partial charge in [0.05, 0.1) is 9.79 Å². The first kappa shape index (κ1) is 22.1. The minimum absolute atomic E-state index is 0.0776. The van der Waals surface area contributed by atoms with Gasteiger partial charge in [-0.2, -0.15) is 9.71 Å². The van der Waals surface area contributed by atoms with E-state index in [4.69, 9.17) is 4.52 Å². The van der Waals surface area contributed by atoms with Crippen LogP contribution >= 0.6 is 0 Å². The molecule has 160 valence electrons. The van der Waals surface area contributed by atoms with Gasteiger partial charge >= 0.3 is 0 Å². The Kier molecular flexibility index (Phi) is 6.06. The Labute approximate surface area is 175 Å². The molecule has 1 atom stereocenters. The van der Waals surface area contributed by atoms with Crippen molar-refractivity contribution in [2.24, 2.45) is 5.92 Å². The maximum Gasteiger partial charge on any atom is 0.245 e. The van der Waals surface area contributed by atoms with E-state index in [1.165, 1.54) is 12.1 Å². The van der Waals surface area contributed by atoms with Crippen molar-refractivity contribution in [3.63, 3.8) is 0 Å². The lowest BCUT2D eigenvalue weighted by Gasteiger charge is -2.19. The van der Waals surface area contributed by atoms with Gasteiger partial charge in [-0.05, 0) is 42.7 Å². The fourth-order valence-electron chi connectivity index (χ4n) is 2.78. The molecule has 0 radical (unpaired) electrons. The zero-order chi connectivity index (χ0) is 22.1. The van der Waals surface area contributed by atoms with Gasteiger partial charge in [-0.3, -0.25) is 4.98 Å². The molecule has 0 aliphatic carbocycles. The number of hydrogen-bond donors (Lipinski definition) is 1. The molecular formula is C19H22N4O5S2. The first-order valence-corrected chi connectivity index (χ1v) is 12.4. The monoisotopic (exact) mass is 450 g/mol. The van der Waals surface area contributed by atoms with Gasteiger partial charge in [0.2, 0.25) is 21.7 Å². The summed E-state index contributed by atoms with van der Waals surface area (Å²) >= 11 is 0. The average Bonchev–Trinajstić information content (AvgIpc) is 3.16. The Morgan fingerprint density at radius 1 is 1.10 bits per heavy atom. The third kappa shape index (κ3) is 4.74. The summed E-state index contributed by atoms with van der Waals surface area (Å²) in [5.41, 5.74) is 1.05. The van der Waals surface area contributed by atoms with E-state index in [0.717, 1.165) is 12.3 Å². The number of sulfonamides is 1. The summed E-state index contributed by atoms with van der Waals surface area (Å²) in [5.74, 6) is 0.169. The van der Waals surface area contributed by atoms with Crippen LogP contribution in [0.15, 0.2) is 57.0 Å². The second-order valence-corrected chi connectivity index (χ2v) is 10.9. The molecule has 1 unspecified atom stereocenters. The molecule has 9 nitrogen and oxygen atoms in total. The number of nitrogens with one attached hydrogen (secondary N) is 1. The fraction of sp³-hybridized carbons (Fsp3) is 0.316. The number of benzene rings is 1. The van der Waals surface area contributed by atoms with Gasteiger partial charge < -0.3 is 4.52 Å². The van der Waals surface area contributed by atoms with Crippen molar-refractivity contribution in [1.82, 2.24) is 19.8 Å². The molecule has 0 amide bonds. The fourth-order valence-corrected chi connectivity index (χ4v) is 5.11. The van der Waals surface area contributed by atoms with Crippen molar-refractivity contribution in [1.29, 1.82) is 0 Å². The van der Waals surface area contributed by atoms with Crippen LogP contribution < -0.4 is 4.72 Å². The van der Waals surface area contributed by atoms with E-state index in [2.05, 4.69) is 19.8 Å². The Balaban J connectivity index is 1.97. The van der Waals surface area contributed by atoms with Crippen LogP contribution in [0.4, 0.5) is 0 Å². The summed E-state index contributed by atoms with van der Waals surface area (Å²) in [4.78, 5) is 8.12. The second-order valence-electron chi connectivity index (χ2n) is 7.24. The zero-order valence-electron chi connectivity index (χ0n) is 16.9. The highest BCUT2D eigenvalue weighted by molar-refractivity contribution is 7.91. The van der Waals surface area contributed by atoms with Crippen molar-refractivity contribution < 1.29 is 21.4 Å². The van der Waals surface area contributed by atoms with Gasteiger partial charge in [0.15, 0.2) is 9.84 Å². The van der Waals surface area contributed by atoms with Gasteiger partial charge in [-0.25, -0.2) is 16.8 Å². The molecule has 0 aliphatic heterocycles. The third-order valence-electron chi connectivity index (χ3n) is 4.45. The van der Waals surface area contributed by atoms with Gasteiger partial charge in [0, 0.05) is 24.2 Å². The number of aromatic nitrogens is 3. The molecule has 3 aromatic rings. The molecule has 3 rings (SSSR count). The van der Waals surface area contributed by atoms with Crippen LogP contribution in [0.25, 0.3) is 11.4 Å². The SMILES string of the molecule is Cc1ccc(S(C)(=O)=O)cc1S(=O)(=O)NC(c1nc(-c2cccnc2)no1)C(C)C. The van der Waals surface area contributed by atoms with Crippen LogP contribution in [0.1, 0.15) is 31.3 Å². The van der Waals surface area contributed by atoms with E-state index in [1.54, 1.807) is 45.3 Å². The van der Waals surface area contributed by atoms with Crippen LogP contribution in [0.3, 0.4) is 0 Å². The minimum Gasteiger partial charge on any atom is -0.337 e. The maximum absolute atomic E-state index is 13.1. The third-order valence-corrected chi connectivity index (χ3v) is 7.15. The molecule has 0 saturated carbocycles. The molecule has 30 heavy (non-hydrogen) atoms. The molecule has 2 heterocycles. The zero-order valence-corrected chi connectivity index (χ0v) is 18.5. The normalized spacial score (nSPS) is 13.5. The van der Waals surface area contributed by atoms with Crippen LogP contribution in [-0.4, -0.2) is 38.2 Å². The van der Waals surface area contributed by atoms with Gasteiger partial charge in [0.25, 0.3) is 0 Å². The largest absolute Gasteiger partial charge is 0.337 e. The number of hydrogen-bond acceptors (Lipinski definition) is 8. The lowest BCUT2D eigenvalue weighted by molar-refractivity contribution is 0.311. The lowest BCUT2D eigenvalue weighted by atomic mass is 10.1. The van der Waals surface area contributed by atoms with Crippen LogP contribution in [0.2, 0.25) is 0 Å². The molecule has 0 spiro atoms. The lowest BCUT2D eigenvalue weighted by Crippen LogP contribution is -2.32. The predicted molar refractivity (Wildman–Crippen MR) is 110 cm³/mol. The number of aryl methyl sites for hydroxylation is 1. The first-order chi connectivity index (χ1) is 14.0. The summed E-state index contributed by atoms with van der Waals surface area (Å²) in [7, 11) is -7.64. The van der Waals surface area contributed by atoms with Crippen molar-refractivity contribution in [3.05, 3.63) is 54.2 Å². The molecule has 0 bridgehead atoms. The maximum atomic E-state index is 13.1. The summed E-state index contributed by atoms with van der Waals surface area (Å²) in [6, 6.07) is 6.67. The van der Waals surface area contributed by atoms with Crippen molar-refractivity contribution in [3.8, 4) is 11.4 Å². The molecule has 0 aliphatic rings. The highest BCUT2D eigenvalue weighted by atomic mass is 32.2. The van der Waals surface area contributed by atoms with Crippen LogP contribution in [0.5, 0.6) is 0 Å². The minimum atomic E-state index is -4.08. The molecule has 0 fully saturated rings. The molecule has 11 heteroatoms. The van der Waals surface area contributed by atoms with Gasteiger partial charge in [0.1, 0.15) is 6.04 Å². The summed E-state index contributed by atoms with van der Waals surface area (Å²) in [5, 5.41) is 3.92. The highest BCUT2D eigenvalue weighted by Gasteiger charge is 2.30. The Hall–Kier alpha value is -2.63. The van der Waals surface area contributed by atoms with E-state index in [0.29, 0.717) is 17.0 Å². The van der Waals surface area contributed by atoms with Gasteiger partial charge in [-0.1, -0.05) is 25.1 Å². The molecule has 0 saturated heterocycles. The van der Waals surface area contributed by atoms with E-state index >= 15 is 0 Å². The van der Waals surface area contributed by atoms with Gasteiger partial charge in [-0.15, -0.1) is 0 Å². The number of pyridine rings is 1. The molecular weight excluding hydrogens is 428 g/mol. The van der Waals surface area contributed by atoms with Crippen LogP contribution in [0, 0.1) is 12.8 Å². The van der Waals surface area contributed by atoms with Crippen LogP contribution in [-0.2, 0) is 19.9 Å². The molecule has 1 aromatic carbocycles. The number of nitrogens with zero attached hydrogens (tertiary/aromatic N) is 3. The topological polar surface area (TPSA) is 132 Å². The van der Waals surface area contributed by atoms with E-state index in [9.17, 15) is 16.8 Å². The standard InChI is InChI=1S/C19H22N4O5S2/c1-12(2)17(19-21-18(22-28-19)14-6-5-9-20-11-14)23-30(26,27)16-10-15(29(4,24)25)8-7-13(16)3/h5-12,17,23H,1-4H3. The Morgan fingerprint density at radius 3 is 2.43 bits per heavy atom. The van der Waals surface area contributed by atoms with E-state index in [1.807, 2.05) is 0 Å². The second kappa shape index (κ2) is 8.25. The van der Waals surface area contributed by atoms with E-state index < -0.39 is 25.9 Å². The number of sulfone groups is 1. The average molecular weight is 451 g/mol. The van der Waals surface area contributed by atoms with Crippen molar-refractivity contribution >= 4 is 19.9 Å². The quantitative estimate of drug-likeness (QED) is 0.581. The summed E-state index contributed by atoms with van der Waals surface area (Å²) in [6.07, 6.45) is 4.21. The van der Waals surface area contributed by atoms with Crippen molar-refractivity contribution in [2.75, 3.05) is 6.26 Å². The summed E-state index contributed by atoms with van der Waals surface area (Å²) < 4.78 is 57.8. The Morgan fingerprint density at radius 2 is 1.83 bits per heavy atom. The summed E-state index contributed by atoms with van der Waals surface area (Å²) in [6.45, 7) is 5.21. The van der Waals surface area contributed by atoms with Crippen molar-refractivity contribution in [2.45, 2.75) is 36.6 Å². The highest BCUT2D eigenvalue weighted by Crippen LogP contribution is 2.27. The Bertz CT molecular complexity index is 1250. The first-order valence-electron chi connectivity index (χ1n) is 9.06. The predicted octanol–water partition coefficient (Wildman–Crippen LogP) is 2.52. The molecule has 2 aromatic heterocycles.